The van der Waals surface area contributed by atoms with Gasteiger partial charge in [0, 0.05) is 13.1 Å². The third-order valence-corrected chi connectivity index (χ3v) is 12.3. The van der Waals surface area contributed by atoms with Crippen LogP contribution in [0.5, 0.6) is 0 Å². The summed E-state index contributed by atoms with van der Waals surface area (Å²) in [4.78, 5) is 2.27. The molecule has 0 spiro atoms. The number of aliphatic hydroxyl groups is 1. The maximum absolute atomic E-state index is 12.0. The zero-order chi connectivity index (χ0) is 27.2. The lowest BCUT2D eigenvalue weighted by Gasteiger charge is -2.44. The minimum Gasteiger partial charge on any atom is -0.415 e. The highest BCUT2D eigenvalue weighted by molar-refractivity contribution is 6.74. The number of ether oxygens (including phenoxy) is 1. The molecule has 38 heavy (non-hydrogen) atoms. The molecule has 1 aliphatic rings. The highest BCUT2D eigenvalue weighted by atomic mass is 28.4. The van der Waals surface area contributed by atoms with Gasteiger partial charge in [-0.2, -0.15) is 0 Å². The first kappa shape index (κ1) is 28.3. The molecule has 0 bridgehead atoms. The molecule has 5 heteroatoms. The molecule has 4 nitrogen and oxygen atoms in total. The van der Waals surface area contributed by atoms with Gasteiger partial charge < -0.3 is 14.3 Å². The molecule has 1 saturated heterocycles. The fraction of sp³-hybridized carbons (Fsp3) is 0.394. The molecule has 1 aliphatic heterocycles. The van der Waals surface area contributed by atoms with Crippen LogP contribution in [0.4, 0.5) is 0 Å². The lowest BCUT2D eigenvalue weighted by atomic mass is 9.93. The molecule has 1 heterocycles. The normalized spacial score (nSPS) is 21.4. The van der Waals surface area contributed by atoms with Gasteiger partial charge in [0.1, 0.15) is 6.04 Å². The molecule has 3 aromatic carbocycles. The number of hydrogen-bond acceptors (Lipinski definition) is 4. The van der Waals surface area contributed by atoms with E-state index in [-0.39, 0.29) is 11.0 Å². The second-order valence-corrected chi connectivity index (χ2v) is 16.4. The third kappa shape index (κ3) is 6.82. The lowest BCUT2D eigenvalue weighted by molar-refractivity contribution is -0.235. The van der Waals surface area contributed by atoms with Gasteiger partial charge in [0.05, 0.1) is 19.1 Å². The van der Waals surface area contributed by atoms with E-state index >= 15 is 0 Å². The molecule has 3 aromatic rings. The SMILES string of the molecule is CC(C)(C)[Si](C)(C)OCC(C#CC1(O)OCCN(Cc2ccccc2)C1c1ccccc1)c1ccccc1. The highest BCUT2D eigenvalue weighted by Gasteiger charge is 2.45. The largest absolute Gasteiger partial charge is 0.415 e. The van der Waals surface area contributed by atoms with Crippen LogP contribution in [0.3, 0.4) is 0 Å². The van der Waals surface area contributed by atoms with Crippen molar-refractivity contribution in [2.45, 2.75) is 63.2 Å². The van der Waals surface area contributed by atoms with Crippen LogP contribution >= 0.6 is 0 Å². The average molecular weight is 528 g/mol. The van der Waals surface area contributed by atoms with Crippen LogP contribution in [0.1, 0.15) is 49.4 Å². The van der Waals surface area contributed by atoms with E-state index in [4.69, 9.17) is 9.16 Å². The highest BCUT2D eigenvalue weighted by Crippen LogP contribution is 2.39. The second-order valence-electron chi connectivity index (χ2n) is 11.6. The monoisotopic (exact) mass is 527 g/mol. The van der Waals surface area contributed by atoms with Crippen LogP contribution < -0.4 is 0 Å². The first-order valence-corrected chi connectivity index (χ1v) is 16.4. The van der Waals surface area contributed by atoms with E-state index in [0.717, 1.165) is 11.1 Å². The topological polar surface area (TPSA) is 41.9 Å². The molecule has 200 valence electrons. The van der Waals surface area contributed by atoms with Crippen molar-refractivity contribution in [1.82, 2.24) is 4.90 Å². The van der Waals surface area contributed by atoms with Crippen molar-refractivity contribution in [3.8, 4) is 11.8 Å². The zero-order valence-electron chi connectivity index (χ0n) is 23.4. The van der Waals surface area contributed by atoms with Gasteiger partial charge in [0.15, 0.2) is 8.32 Å². The first-order chi connectivity index (χ1) is 18.1. The Morgan fingerprint density at radius 3 is 2.16 bits per heavy atom. The summed E-state index contributed by atoms with van der Waals surface area (Å²) in [7, 11) is -1.98. The first-order valence-electron chi connectivity index (χ1n) is 13.5. The van der Waals surface area contributed by atoms with E-state index < -0.39 is 20.1 Å². The predicted octanol–water partition coefficient (Wildman–Crippen LogP) is 6.76. The maximum Gasteiger partial charge on any atom is 0.251 e. The van der Waals surface area contributed by atoms with Crippen LogP contribution in [0.25, 0.3) is 0 Å². The Balaban J connectivity index is 1.68. The van der Waals surface area contributed by atoms with E-state index in [1.54, 1.807) is 0 Å². The molecule has 3 atom stereocenters. The molecule has 0 aliphatic carbocycles. The van der Waals surface area contributed by atoms with Gasteiger partial charge in [0.25, 0.3) is 5.79 Å². The summed E-state index contributed by atoms with van der Waals surface area (Å²) in [5.41, 5.74) is 3.25. The van der Waals surface area contributed by atoms with Crippen LogP contribution in [-0.4, -0.2) is 43.9 Å². The van der Waals surface area contributed by atoms with E-state index in [1.165, 1.54) is 5.56 Å². The molecule has 0 amide bonds. The molecular weight excluding hydrogens is 486 g/mol. The van der Waals surface area contributed by atoms with Crippen molar-refractivity contribution in [3.63, 3.8) is 0 Å². The number of morpholine rings is 1. The molecule has 0 radical (unpaired) electrons. The van der Waals surface area contributed by atoms with E-state index in [1.807, 2.05) is 66.7 Å². The van der Waals surface area contributed by atoms with Gasteiger partial charge in [-0.05, 0) is 40.7 Å². The third-order valence-electron chi connectivity index (χ3n) is 7.82. The summed E-state index contributed by atoms with van der Waals surface area (Å²) >= 11 is 0. The van der Waals surface area contributed by atoms with E-state index in [9.17, 15) is 5.11 Å². The molecule has 0 saturated carbocycles. The van der Waals surface area contributed by atoms with Gasteiger partial charge in [-0.1, -0.05) is 118 Å². The Morgan fingerprint density at radius 1 is 0.974 bits per heavy atom. The number of hydrogen-bond donors (Lipinski definition) is 1. The molecule has 0 aromatic heterocycles. The van der Waals surface area contributed by atoms with Crippen molar-refractivity contribution in [2.24, 2.45) is 0 Å². The van der Waals surface area contributed by atoms with Crippen molar-refractivity contribution in [1.29, 1.82) is 0 Å². The van der Waals surface area contributed by atoms with Gasteiger partial charge >= 0.3 is 0 Å². The Kier molecular flexibility index (Phi) is 8.92. The number of rotatable bonds is 7. The van der Waals surface area contributed by atoms with Crippen LogP contribution in [0.2, 0.25) is 18.1 Å². The number of benzene rings is 3. The van der Waals surface area contributed by atoms with Crippen LogP contribution in [0, 0.1) is 11.8 Å². The minimum atomic E-state index is -1.98. The maximum atomic E-state index is 12.0. The Hall–Kier alpha value is -2.72. The van der Waals surface area contributed by atoms with E-state index in [2.05, 4.69) is 74.9 Å². The summed E-state index contributed by atoms with van der Waals surface area (Å²) < 4.78 is 12.7. The zero-order valence-corrected chi connectivity index (χ0v) is 24.4. The number of nitrogens with zero attached hydrogens (tertiary/aromatic N) is 1. The Morgan fingerprint density at radius 2 is 1.55 bits per heavy atom. The van der Waals surface area contributed by atoms with E-state index in [0.29, 0.717) is 26.3 Å². The standard InChI is InChI=1S/C33H41NO3Si/c1-32(2,3)38(4,5)37-26-30(28-17-11-7-12-18-28)21-22-33(35)31(29-19-13-8-14-20-29)34(23-24-36-33)25-27-15-9-6-10-16-27/h6-20,30-31,35H,23-26H2,1-5H3. The average Bonchev–Trinajstić information content (AvgIpc) is 2.90. The summed E-state index contributed by atoms with van der Waals surface area (Å²) in [6.45, 7) is 13.5. The lowest BCUT2D eigenvalue weighted by Crippen LogP contribution is -2.53. The molecular formula is C33H41NO3Si. The second kappa shape index (κ2) is 12.0. The van der Waals surface area contributed by atoms with Crippen LogP contribution in [-0.2, 0) is 15.7 Å². The Bertz CT molecular complexity index is 1220. The quantitative estimate of drug-likeness (QED) is 0.272. The van der Waals surface area contributed by atoms with Crippen LogP contribution in [0.15, 0.2) is 91.0 Å². The summed E-state index contributed by atoms with van der Waals surface area (Å²) in [6.07, 6.45) is 0. The molecule has 1 N–H and O–H groups in total. The fourth-order valence-corrected chi connectivity index (χ4v) is 5.56. The van der Waals surface area contributed by atoms with Crippen molar-refractivity contribution in [2.75, 3.05) is 19.8 Å². The van der Waals surface area contributed by atoms with Gasteiger partial charge in [-0.25, -0.2) is 0 Å². The Labute approximate surface area is 229 Å². The van der Waals surface area contributed by atoms with Crippen molar-refractivity contribution < 1.29 is 14.3 Å². The smallest absolute Gasteiger partial charge is 0.251 e. The molecule has 4 rings (SSSR count). The molecule has 3 unspecified atom stereocenters. The summed E-state index contributed by atoms with van der Waals surface area (Å²) in [5, 5.41) is 12.1. The van der Waals surface area contributed by atoms with Crippen molar-refractivity contribution >= 4 is 8.32 Å². The summed E-state index contributed by atoms with van der Waals surface area (Å²) in [6, 6.07) is 30.2. The molecule has 1 fully saturated rings. The summed E-state index contributed by atoms with van der Waals surface area (Å²) in [5.74, 6) is 4.78. The van der Waals surface area contributed by atoms with Crippen molar-refractivity contribution in [3.05, 3.63) is 108 Å². The van der Waals surface area contributed by atoms with Gasteiger partial charge in [0.2, 0.25) is 0 Å². The predicted molar refractivity (Wildman–Crippen MR) is 157 cm³/mol. The van der Waals surface area contributed by atoms with Gasteiger partial charge in [-0.3, -0.25) is 4.90 Å². The van der Waals surface area contributed by atoms with Gasteiger partial charge in [-0.15, -0.1) is 0 Å². The fourth-order valence-electron chi connectivity index (χ4n) is 4.54. The minimum absolute atomic E-state index is 0.0999.